The fourth-order valence-electron chi connectivity index (χ4n) is 3.06. The van der Waals surface area contributed by atoms with Gasteiger partial charge in [-0.3, -0.25) is 14.4 Å². The van der Waals surface area contributed by atoms with Crippen molar-refractivity contribution in [3.8, 4) is 0 Å². The van der Waals surface area contributed by atoms with Gasteiger partial charge in [0.25, 0.3) is 11.5 Å². The monoisotopic (exact) mass is 473 g/mol. The third-order valence-corrected chi connectivity index (χ3v) is 6.82. The van der Waals surface area contributed by atoms with Gasteiger partial charge in [-0.05, 0) is 36.4 Å². The van der Waals surface area contributed by atoms with Crippen LogP contribution in [0.2, 0.25) is 0 Å². The molecule has 0 radical (unpaired) electrons. The Morgan fingerprint density at radius 1 is 1.06 bits per heavy atom. The van der Waals surface area contributed by atoms with E-state index in [0.717, 1.165) is 4.68 Å². The van der Waals surface area contributed by atoms with Crippen LogP contribution in [0.4, 0.5) is 5.69 Å². The number of carbonyl (C=O) groups is 2. The summed E-state index contributed by atoms with van der Waals surface area (Å²) in [6, 6.07) is 12.2. The lowest BCUT2D eigenvalue weighted by molar-refractivity contribution is -0.148. The molecular weight excluding hydrogens is 450 g/mol. The standard InChI is InChI=1S/C21H23N5O6S/c1-3-25(4-2)33(30,31)16-11-9-15(10-12-16)22-19(27)14-32-20(28)13-26-21(29)17-7-5-6-8-18(17)23-24-26/h5-12H,3-4,13-14H2,1-2H3,(H,22,27). The summed E-state index contributed by atoms with van der Waals surface area (Å²) in [6.45, 7) is 3.11. The number of carbonyl (C=O) groups excluding carboxylic acids is 2. The van der Waals surface area contributed by atoms with E-state index in [0.29, 0.717) is 29.7 Å². The Balaban J connectivity index is 1.56. The Morgan fingerprint density at radius 2 is 1.73 bits per heavy atom. The Morgan fingerprint density at radius 3 is 2.39 bits per heavy atom. The summed E-state index contributed by atoms with van der Waals surface area (Å²) in [7, 11) is -3.60. The van der Waals surface area contributed by atoms with Gasteiger partial charge in [0.15, 0.2) is 6.61 Å². The molecule has 0 aliphatic carbocycles. The molecular formula is C21H23N5O6S. The van der Waals surface area contributed by atoms with Crippen molar-refractivity contribution in [3.63, 3.8) is 0 Å². The van der Waals surface area contributed by atoms with Gasteiger partial charge in [0, 0.05) is 18.8 Å². The van der Waals surface area contributed by atoms with Crippen LogP contribution in [0.5, 0.6) is 0 Å². The smallest absolute Gasteiger partial charge is 0.328 e. The number of hydrogen-bond acceptors (Lipinski definition) is 8. The molecule has 3 aromatic rings. The highest BCUT2D eigenvalue weighted by atomic mass is 32.2. The quantitative estimate of drug-likeness (QED) is 0.454. The first kappa shape index (κ1) is 24.0. The summed E-state index contributed by atoms with van der Waals surface area (Å²) in [5.41, 5.74) is 0.246. The van der Waals surface area contributed by atoms with E-state index in [1.807, 2.05) is 0 Å². The zero-order valence-corrected chi connectivity index (χ0v) is 18.9. The van der Waals surface area contributed by atoms with Crippen LogP contribution in [0.1, 0.15) is 13.8 Å². The van der Waals surface area contributed by atoms with E-state index in [2.05, 4.69) is 15.6 Å². The second kappa shape index (κ2) is 10.3. The highest BCUT2D eigenvalue weighted by Crippen LogP contribution is 2.18. The normalized spacial score (nSPS) is 11.5. The first-order chi connectivity index (χ1) is 15.8. The van der Waals surface area contributed by atoms with Gasteiger partial charge in [-0.1, -0.05) is 31.2 Å². The van der Waals surface area contributed by atoms with Gasteiger partial charge < -0.3 is 10.1 Å². The molecule has 11 nitrogen and oxygen atoms in total. The number of anilines is 1. The van der Waals surface area contributed by atoms with Crippen molar-refractivity contribution < 1.29 is 22.7 Å². The zero-order valence-electron chi connectivity index (χ0n) is 18.1. The van der Waals surface area contributed by atoms with E-state index in [4.69, 9.17) is 4.74 Å². The van der Waals surface area contributed by atoms with Crippen LogP contribution in [0, 0.1) is 0 Å². The third-order valence-electron chi connectivity index (χ3n) is 4.75. The number of aromatic nitrogens is 3. The average Bonchev–Trinajstić information content (AvgIpc) is 2.81. The summed E-state index contributed by atoms with van der Waals surface area (Å²) in [4.78, 5) is 36.6. The predicted octanol–water partition coefficient (Wildman–Crippen LogP) is 1.00. The molecule has 12 heteroatoms. The topological polar surface area (TPSA) is 141 Å². The van der Waals surface area contributed by atoms with Crippen molar-refractivity contribution in [2.24, 2.45) is 0 Å². The molecule has 1 aromatic heterocycles. The highest BCUT2D eigenvalue weighted by Gasteiger charge is 2.21. The second-order valence-electron chi connectivity index (χ2n) is 6.89. The molecule has 0 bridgehead atoms. The second-order valence-corrected chi connectivity index (χ2v) is 8.83. The molecule has 33 heavy (non-hydrogen) atoms. The van der Waals surface area contributed by atoms with Crippen LogP contribution in [0.3, 0.4) is 0 Å². The molecule has 0 spiro atoms. The number of nitrogens with zero attached hydrogens (tertiary/aromatic N) is 4. The Labute approximate surface area is 190 Å². The van der Waals surface area contributed by atoms with Gasteiger partial charge in [0.05, 0.1) is 10.3 Å². The number of amides is 1. The van der Waals surface area contributed by atoms with Gasteiger partial charge >= 0.3 is 5.97 Å². The number of nitrogens with one attached hydrogen (secondary N) is 1. The van der Waals surface area contributed by atoms with E-state index in [-0.39, 0.29) is 4.90 Å². The van der Waals surface area contributed by atoms with Crippen molar-refractivity contribution in [3.05, 3.63) is 58.9 Å². The summed E-state index contributed by atoms with van der Waals surface area (Å²) in [5.74, 6) is -1.46. The van der Waals surface area contributed by atoms with Crippen molar-refractivity contribution in [1.82, 2.24) is 19.3 Å². The average molecular weight is 474 g/mol. The fourth-order valence-corrected chi connectivity index (χ4v) is 4.52. The van der Waals surface area contributed by atoms with E-state index in [9.17, 15) is 22.8 Å². The molecule has 2 aromatic carbocycles. The molecule has 0 saturated heterocycles. The lowest BCUT2D eigenvalue weighted by atomic mass is 10.2. The van der Waals surface area contributed by atoms with Crippen LogP contribution in [-0.2, 0) is 30.9 Å². The third kappa shape index (κ3) is 5.59. The van der Waals surface area contributed by atoms with E-state index >= 15 is 0 Å². The minimum Gasteiger partial charge on any atom is -0.454 e. The molecule has 0 aliphatic rings. The van der Waals surface area contributed by atoms with Crippen molar-refractivity contribution in [1.29, 1.82) is 0 Å². The van der Waals surface area contributed by atoms with Crippen molar-refractivity contribution in [2.45, 2.75) is 25.3 Å². The maximum Gasteiger partial charge on any atom is 0.328 e. The zero-order chi connectivity index (χ0) is 24.0. The number of sulfonamides is 1. The fraction of sp³-hybridized carbons (Fsp3) is 0.286. The number of hydrogen-bond donors (Lipinski definition) is 1. The van der Waals surface area contributed by atoms with Crippen LogP contribution in [0.15, 0.2) is 58.2 Å². The minimum absolute atomic E-state index is 0.109. The molecule has 1 heterocycles. The Hall–Kier alpha value is -3.64. The maximum atomic E-state index is 12.5. The largest absolute Gasteiger partial charge is 0.454 e. The lowest BCUT2D eigenvalue weighted by Gasteiger charge is -2.18. The number of ether oxygens (including phenoxy) is 1. The van der Waals surface area contributed by atoms with Crippen LogP contribution >= 0.6 is 0 Å². The summed E-state index contributed by atoms with van der Waals surface area (Å²) in [5, 5.41) is 10.4. The molecule has 3 rings (SSSR count). The molecule has 174 valence electrons. The van der Waals surface area contributed by atoms with Gasteiger partial charge in [0.2, 0.25) is 10.0 Å². The summed E-state index contributed by atoms with van der Waals surface area (Å²) in [6.07, 6.45) is 0. The first-order valence-electron chi connectivity index (χ1n) is 10.1. The first-order valence-corrected chi connectivity index (χ1v) is 11.6. The molecule has 1 amide bonds. The van der Waals surface area contributed by atoms with E-state index in [1.54, 1.807) is 38.1 Å². The van der Waals surface area contributed by atoms with Gasteiger partial charge in [-0.2, -0.15) is 8.99 Å². The number of rotatable bonds is 9. The summed E-state index contributed by atoms with van der Waals surface area (Å²) < 4.78 is 32.1. The van der Waals surface area contributed by atoms with Gasteiger partial charge in [0.1, 0.15) is 12.1 Å². The van der Waals surface area contributed by atoms with E-state index < -0.39 is 40.6 Å². The number of esters is 1. The maximum absolute atomic E-state index is 12.5. The lowest BCUT2D eigenvalue weighted by Crippen LogP contribution is -2.30. The molecule has 0 saturated carbocycles. The molecule has 0 atom stereocenters. The Bertz CT molecular complexity index is 1320. The predicted molar refractivity (Wildman–Crippen MR) is 120 cm³/mol. The Kier molecular flexibility index (Phi) is 7.51. The SMILES string of the molecule is CCN(CC)S(=O)(=O)c1ccc(NC(=O)COC(=O)Cn2nnc3ccccc3c2=O)cc1. The van der Waals surface area contributed by atoms with E-state index in [1.165, 1.54) is 28.6 Å². The number of fused-ring (bicyclic) bond motifs is 1. The molecule has 0 fully saturated rings. The van der Waals surface area contributed by atoms with Crippen LogP contribution < -0.4 is 10.9 Å². The van der Waals surface area contributed by atoms with Gasteiger partial charge in [-0.15, -0.1) is 5.10 Å². The van der Waals surface area contributed by atoms with Crippen molar-refractivity contribution in [2.75, 3.05) is 25.0 Å². The molecule has 0 aliphatic heterocycles. The summed E-state index contributed by atoms with van der Waals surface area (Å²) >= 11 is 0. The number of benzene rings is 2. The van der Waals surface area contributed by atoms with Crippen LogP contribution in [-0.4, -0.2) is 59.3 Å². The van der Waals surface area contributed by atoms with Gasteiger partial charge in [-0.25, -0.2) is 8.42 Å². The van der Waals surface area contributed by atoms with Crippen LogP contribution in [0.25, 0.3) is 10.9 Å². The molecule has 0 unspecified atom stereocenters. The molecule has 1 N–H and O–H groups in total. The van der Waals surface area contributed by atoms with Crippen molar-refractivity contribution >= 4 is 38.5 Å². The minimum atomic E-state index is -3.60. The highest BCUT2D eigenvalue weighted by molar-refractivity contribution is 7.89.